The van der Waals surface area contributed by atoms with E-state index in [0.29, 0.717) is 22.7 Å². The molecule has 0 aliphatic rings. The third-order valence-corrected chi connectivity index (χ3v) is 3.44. The Bertz CT molecular complexity index is 898. The summed E-state index contributed by atoms with van der Waals surface area (Å²) >= 11 is 0. The summed E-state index contributed by atoms with van der Waals surface area (Å²) in [6.45, 7) is 0. The zero-order chi connectivity index (χ0) is 19.1. The van der Waals surface area contributed by atoms with E-state index in [1.807, 2.05) is 6.07 Å². The lowest BCUT2D eigenvalue weighted by Gasteiger charge is -2.08. The maximum atomic E-state index is 12.3. The lowest BCUT2D eigenvalue weighted by Crippen LogP contribution is -2.13. The summed E-state index contributed by atoms with van der Waals surface area (Å²) in [5.74, 6) is 0.373. The molecule has 0 aliphatic carbocycles. The Morgan fingerprint density at radius 1 is 1.19 bits per heavy atom. The fourth-order valence-electron chi connectivity index (χ4n) is 2.12. The van der Waals surface area contributed by atoms with Gasteiger partial charge in [0.25, 0.3) is 11.6 Å². The number of nitrogens with zero attached hydrogens (tertiary/aromatic N) is 2. The van der Waals surface area contributed by atoms with Gasteiger partial charge in [-0.1, -0.05) is 0 Å². The molecule has 0 saturated carbocycles. The Kier molecular flexibility index (Phi) is 5.90. The standard InChI is InChI=1S/C18H15N3O5/c1-25-16-7-8-17(26-2)12(10-16)9-13(11-19)18(22)20-14-3-5-15(6-4-14)21(23)24/h3-10H,1-2H3,(H,20,22). The molecule has 2 aromatic carbocycles. The number of nitrogens with one attached hydrogen (secondary N) is 1. The van der Waals surface area contributed by atoms with Crippen LogP contribution < -0.4 is 14.8 Å². The van der Waals surface area contributed by atoms with Crippen LogP contribution in [0.2, 0.25) is 0 Å². The zero-order valence-electron chi connectivity index (χ0n) is 14.1. The molecule has 8 heteroatoms. The van der Waals surface area contributed by atoms with Gasteiger partial charge in [-0.25, -0.2) is 0 Å². The van der Waals surface area contributed by atoms with Crippen molar-refractivity contribution in [2.45, 2.75) is 0 Å². The molecule has 0 saturated heterocycles. The smallest absolute Gasteiger partial charge is 0.269 e. The third-order valence-electron chi connectivity index (χ3n) is 3.44. The number of hydrogen-bond acceptors (Lipinski definition) is 6. The van der Waals surface area contributed by atoms with E-state index in [-0.39, 0.29) is 11.3 Å². The number of nitro groups is 1. The monoisotopic (exact) mass is 353 g/mol. The number of anilines is 1. The van der Waals surface area contributed by atoms with E-state index in [4.69, 9.17) is 9.47 Å². The van der Waals surface area contributed by atoms with Crippen molar-refractivity contribution in [3.8, 4) is 17.6 Å². The Balaban J connectivity index is 2.27. The van der Waals surface area contributed by atoms with Crippen LogP contribution in [0.5, 0.6) is 11.5 Å². The molecule has 0 atom stereocenters. The molecule has 0 aliphatic heterocycles. The van der Waals surface area contributed by atoms with Crippen LogP contribution in [-0.2, 0) is 4.79 Å². The molecule has 0 spiro atoms. The van der Waals surface area contributed by atoms with Gasteiger partial charge in [0.05, 0.1) is 19.1 Å². The lowest BCUT2D eigenvalue weighted by atomic mass is 10.1. The summed E-state index contributed by atoms with van der Waals surface area (Å²) in [7, 11) is 2.98. The highest BCUT2D eigenvalue weighted by atomic mass is 16.6. The number of hydrogen-bond donors (Lipinski definition) is 1. The third kappa shape index (κ3) is 4.36. The molecule has 132 valence electrons. The number of nitro benzene ring substituents is 1. The minimum atomic E-state index is -0.647. The number of rotatable bonds is 6. The predicted octanol–water partition coefficient (Wildman–Crippen LogP) is 3.16. The quantitative estimate of drug-likeness (QED) is 0.369. The molecule has 8 nitrogen and oxygen atoms in total. The summed E-state index contributed by atoms with van der Waals surface area (Å²) in [6, 6.07) is 12.1. The van der Waals surface area contributed by atoms with Crippen LogP contribution in [0.4, 0.5) is 11.4 Å². The molecular formula is C18H15N3O5. The van der Waals surface area contributed by atoms with Gasteiger partial charge in [-0.2, -0.15) is 5.26 Å². The fraction of sp³-hybridized carbons (Fsp3) is 0.111. The molecule has 1 amide bonds. The largest absolute Gasteiger partial charge is 0.497 e. The number of non-ortho nitro benzene ring substituents is 1. The highest BCUT2D eigenvalue weighted by Crippen LogP contribution is 2.26. The van der Waals surface area contributed by atoms with E-state index in [9.17, 15) is 20.2 Å². The van der Waals surface area contributed by atoms with E-state index < -0.39 is 10.8 Å². The zero-order valence-corrected chi connectivity index (χ0v) is 14.1. The average molecular weight is 353 g/mol. The molecule has 0 heterocycles. The highest BCUT2D eigenvalue weighted by molar-refractivity contribution is 6.09. The number of methoxy groups -OCH3 is 2. The molecule has 0 aromatic heterocycles. The van der Waals surface area contributed by atoms with Crippen molar-refractivity contribution in [3.05, 3.63) is 63.7 Å². The predicted molar refractivity (Wildman–Crippen MR) is 94.9 cm³/mol. The maximum absolute atomic E-state index is 12.3. The van der Waals surface area contributed by atoms with Crippen LogP contribution in [0.1, 0.15) is 5.56 Å². The summed E-state index contributed by atoms with van der Waals surface area (Å²) in [6.07, 6.45) is 1.38. The second kappa shape index (κ2) is 8.30. The van der Waals surface area contributed by atoms with Gasteiger partial charge < -0.3 is 14.8 Å². The van der Waals surface area contributed by atoms with Gasteiger partial charge in [-0.15, -0.1) is 0 Å². The topological polar surface area (TPSA) is 114 Å². The van der Waals surface area contributed by atoms with E-state index in [2.05, 4.69) is 5.32 Å². The van der Waals surface area contributed by atoms with Crippen molar-refractivity contribution in [2.24, 2.45) is 0 Å². The Morgan fingerprint density at radius 3 is 2.42 bits per heavy atom. The Morgan fingerprint density at radius 2 is 1.88 bits per heavy atom. The minimum absolute atomic E-state index is 0.0971. The molecule has 1 N–H and O–H groups in total. The number of nitriles is 1. The van der Waals surface area contributed by atoms with E-state index in [1.54, 1.807) is 18.2 Å². The first kappa shape index (κ1) is 18.5. The number of carbonyl (C=O) groups excluding carboxylic acids is 1. The van der Waals surface area contributed by atoms with Crippen LogP contribution in [-0.4, -0.2) is 25.1 Å². The van der Waals surface area contributed by atoms with Crippen LogP contribution in [0, 0.1) is 21.4 Å². The van der Waals surface area contributed by atoms with Gasteiger partial charge in [-0.3, -0.25) is 14.9 Å². The van der Waals surface area contributed by atoms with Crippen molar-refractivity contribution >= 4 is 23.4 Å². The Labute approximate surface area is 149 Å². The maximum Gasteiger partial charge on any atom is 0.269 e. The van der Waals surface area contributed by atoms with Gasteiger partial charge >= 0.3 is 0 Å². The molecule has 0 fully saturated rings. The summed E-state index contributed by atoms with van der Waals surface area (Å²) in [5, 5.41) is 22.5. The first-order valence-corrected chi connectivity index (χ1v) is 7.38. The SMILES string of the molecule is COc1ccc(OC)c(C=C(C#N)C(=O)Nc2ccc([N+](=O)[O-])cc2)c1. The number of benzene rings is 2. The fourth-order valence-corrected chi connectivity index (χ4v) is 2.12. The van der Waals surface area contributed by atoms with Gasteiger partial charge in [0.1, 0.15) is 23.1 Å². The number of carbonyl (C=O) groups is 1. The minimum Gasteiger partial charge on any atom is -0.497 e. The van der Waals surface area contributed by atoms with Gasteiger partial charge in [0.15, 0.2) is 0 Å². The van der Waals surface area contributed by atoms with Crippen LogP contribution in [0.3, 0.4) is 0 Å². The lowest BCUT2D eigenvalue weighted by molar-refractivity contribution is -0.384. The average Bonchev–Trinajstić information content (AvgIpc) is 2.66. The first-order chi connectivity index (χ1) is 12.5. The summed E-state index contributed by atoms with van der Waals surface area (Å²) < 4.78 is 10.4. The van der Waals surface area contributed by atoms with E-state index >= 15 is 0 Å². The second-order valence-electron chi connectivity index (χ2n) is 5.04. The van der Waals surface area contributed by atoms with Crippen molar-refractivity contribution < 1.29 is 19.2 Å². The molecule has 26 heavy (non-hydrogen) atoms. The molecule has 0 radical (unpaired) electrons. The van der Waals surface area contributed by atoms with Crippen LogP contribution in [0.15, 0.2) is 48.0 Å². The van der Waals surface area contributed by atoms with E-state index in [1.165, 1.54) is 44.6 Å². The van der Waals surface area contributed by atoms with Gasteiger partial charge in [0, 0.05) is 23.4 Å². The molecular weight excluding hydrogens is 338 g/mol. The van der Waals surface area contributed by atoms with Crippen molar-refractivity contribution in [1.29, 1.82) is 5.26 Å². The first-order valence-electron chi connectivity index (χ1n) is 7.38. The normalized spacial score (nSPS) is 10.6. The number of ether oxygens (including phenoxy) is 2. The summed E-state index contributed by atoms with van der Waals surface area (Å²) in [4.78, 5) is 22.4. The summed E-state index contributed by atoms with van der Waals surface area (Å²) in [5.41, 5.74) is 0.580. The van der Waals surface area contributed by atoms with Crippen molar-refractivity contribution in [1.82, 2.24) is 0 Å². The van der Waals surface area contributed by atoms with Crippen molar-refractivity contribution in [2.75, 3.05) is 19.5 Å². The molecule has 0 unspecified atom stereocenters. The van der Waals surface area contributed by atoms with Crippen molar-refractivity contribution in [3.63, 3.8) is 0 Å². The second-order valence-corrected chi connectivity index (χ2v) is 5.04. The highest BCUT2D eigenvalue weighted by Gasteiger charge is 2.13. The Hall–Kier alpha value is -3.86. The van der Waals surface area contributed by atoms with E-state index in [0.717, 1.165) is 0 Å². The molecule has 0 bridgehead atoms. The molecule has 2 aromatic rings. The number of amides is 1. The molecule has 2 rings (SSSR count). The van der Waals surface area contributed by atoms with Gasteiger partial charge in [-0.05, 0) is 36.4 Å². The van der Waals surface area contributed by atoms with Gasteiger partial charge in [0.2, 0.25) is 0 Å². The van der Waals surface area contributed by atoms with Crippen LogP contribution >= 0.6 is 0 Å². The van der Waals surface area contributed by atoms with Crippen LogP contribution in [0.25, 0.3) is 6.08 Å².